The summed E-state index contributed by atoms with van der Waals surface area (Å²) in [6, 6.07) is 8.77. The van der Waals surface area contributed by atoms with Crippen LogP contribution in [0.1, 0.15) is 103 Å². The first-order valence-corrected chi connectivity index (χ1v) is 19.3. The zero-order chi connectivity index (χ0) is 30.9. The Morgan fingerprint density at radius 3 is 2.16 bits per heavy atom. The second-order valence-electron chi connectivity index (χ2n) is 16.3. The van der Waals surface area contributed by atoms with E-state index in [4.69, 9.17) is 25.8 Å². The summed E-state index contributed by atoms with van der Waals surface area (Å²) in [5.74, 6) is 3.21. The van der Waals surface area contributed by atoms with Crippen LogP contribution in [0.2, 0.25) is 5.02 Å². The Kier molecular flexibility index (Phi) is 10.2. The van der Waals surface area contributed by atoms with E-state index in [1.165, 1.54) is 109 Å². The van der Waals surface area contributed by atoms with E-state index in [1.54, 1.807) is 0 Å². The molecule has 0 spiro atoms. The molecule has 6 aliphatic rings. The van der Waals surface area contributed by atoms with Gasteiger partial charge < -0.3 is 24.0 Å². The third-order valence-electron chi connectivity index (χ3n) is 14.3. The molecule has 8 atom stereocenters. The van der Waals surface area contributed by atoms with Crippen LogP contribution in [0.5, 0.6) is 0 Å². The average molecular weight is 641 g/mol. The standard InChI is InChI=1S/C39H61ClN2O3/c1-37-16-13-33(44-28-27-43-25-23-41-19-3-4-20-41)29-31(37)9-12-34-35(37)14-17-38(2)36(34)15-18-39(38,30-7-10-32(40)11-8-30)45-26-24-42-21-5-6-22-42/h7-8,10-11,31,33-36H,3-6,9,12-29H2,1-2H3/t31?,33-,34+,35-,36-,37-,38-,39+/m0/s1. The van der Waals surface area contributed by atoms with E-state index in [0.717, 1.165) is 74.6 Å². The van der Waals surface area contributed by atoms with E-state index in [-0.39, 0.29) is 11.0 Å². The third-order valence-corrected chi connectivity index (χ3v) is 14.6. The molecule has 4 saturated carbocycles. The molecule has 45 heavy (non-hydrogen) atoms. The molecule has 5 nitrogen and oxygen atoms in total. The summed E-state index contributed by atoms with van der Waals surface area (Å²) in [7, 11) is 0. The van der Waals surface area contributed by atoms with E-state index in [1.807, 2.05) is 0 Å². The highest BCUT2D eigenvalue weighted by Gasteiger charge is 2.66. The summed E-state index contributed by atoms with van der Waals surface area (Å²) in [5.41, 5.74) is 1.80. The molecule has 2 heterocycles. The SMILES string of the molecule is C[C@]12CC[C@H](OCCOCCN3CCCC3)CC1CC[C@@H]1[C@@H]2CC[C@@]2(C)[C@H]1CC[C@@]2(OCCN1CCCC1)c1ccc(Cl)cc1. The van der Waals surface area contributed by atoms with Crippen molar-refractivity contribution >= 4 is 11.6 Å². The van der Waals surface area contributed by atoms with Crippen molar-refractivity contribution in [2.75, 3.05) is 65.7 Å². The van der Waals surface area contributed by atoms with Crippen molar-refractivity contribution in [2.24, 2.45) is 34.5 Å². The summed E-state index contributed by atoms with van der Waals surface area (Å²) in [4.78, 5) is 5.13. The summed E-state index contributed by atoms with van der Waals surface area (Å²) in [6.45, 7) is 15.6. The van der Waals surface area contributed by atoms with E-state index in [0.29, 0.717) is 11.5 Å². The van der Waals surface area contributed by atoms with Crippen LogP contribution in [0.15, 0.2) is 24.3 Å². The van der Waals surface area contributed by atoms with Gasteiger partial charge >= 0.3 is 0 Å². The van der Waals surface area contributed by atoms with Gasteiger partial charge in [0, 0.05) is 23.5 Å². The summed E-state index contributed by atoms with van der Waals surface area (Å²) < 4.78 is 19.7. The molecule has 0 radical (unpaired) electrons. The van der Waals surface area contributed by atoms with Gasteiger partial charge in [-0.25, -0.2) is 0 Å². The molecular weight excluding hydrogens is 580 g/mol. The van der Waals surface area contributed by atoms with E-state index in [9.17, 15) is 0 Å². The molecule has 0 amide bonds. The van der Waals surface area contributed by atoms with Crippen molar-refractivity contribution in [3.63, 3.8) is 0 Å². The van der Waals surface area contributed by atoms with Gasteiger partial charge in [0.2, 0.25) is 0 Å². The molecule has 0 aromatic heterocycles. The lowest BCUT2D eigenvalue weighted by Crippen LogP contribution is -2.56. The lowest BCUT2D eigenvalue weighted by atomic mass is 9.44. The van der Waals surface area contributed by atoms with E-state index in [2.05, 4.69) is 47.9 Å². The molecule has 4 aliphatic carbocycles. The second kappa shape index (κ2) is 14.0. The number of halogens is 1. The first-order valence-electron chi connectivity index (χ1n) is 19.0. The second-order valence-corrected chi connectivity index (χ2v) is 16.7. The first kappa shape index (κ1) is 32.8. The Bertz CT molecular complexity index is 1110. The van der Waals surface area contributed by atoms with Crippen LogP contribution in [-0.4, -0.2) is 81.6 Å². The maximum absolute atomic E-state index is 7.25. The normalized spacial score (nSPS) is 40.4. The van der Waals surface area contributed by atoms with Crippen molar-refractivity contribution in [3.05, 3.63) is 34.9 Å². The van der Waals surface area contributed by atoms with Gasteiger partial charge in [0.05, 0.1) is 38.1 Å². The Morgan fingerprint density at radius 1 is 0.733 bits per heavy atom. The predicted octanol–water partition coefficient (Wildman–Crippen LogP) is 8.19. The molecule has 2 saturated heterocycles. The number of hydrogen-bond donors (Lipinski definition) is 0. The maximum Gasteiger partial charge on any atom is 0.0988 e. The first-order chi connectivity index (χ1) is 21.9. The highest BCUT2D eigenvalue weighted by molar-refractivity contribution is 6.30. The van der Waals surface area contributed by atoms with Crippen LogP contribution < -0.4 is 0 Å². The Morgan fingerprint density at radius 2 is 1.42 bits per heavy atom. The number of likely N-dealkylation sites (tertiary alicyclic amines) is 2. The van der Waals surface area contributed by atoms with Gasteiger partial charge in [0.1, 0.15) is 0 Å². The molecule has 0 N–H and O–H groups in total. The molecular formula is C39H61ClN2O3. The zero-order valence-electron chi connectivity index (χ0n) is 28.5. The number of hydrogen-bond acceptors (Lipinski definition) is 5. The molecule has 7 rings (SSSR count). The van der Waals surface area contributed by atoms with Gasteiger partial charge in [0.25, 0.3) is 0 Å². The number of nitrogens with zero attached hydrogens (tertiary/aromatic N) is 2. The number of fused-ring (bicyclic) bond motifs is 5. The van der Waals surface area contributed by atoms with Gasteiger partial charge in [-0.3, -0.25) is 0 Å². The van der Waals surface area contributed by atoms with Crippen LogP contribution in [0, 0.1) is 34.5 Å². The summed E-state index contributed by atoms with van der Waals surface area (Å²) >= 11 is 6.41. The van der Waals surface area contributed by atoms with Crippen LogP contribution in [0.3, 0.4) is 0 Å². The van der Waals surface area contributed by atoms with Crippen molar-refractivity contribution in [1.82, 2.24) is 9.80 Å². The number of ether oxygens (including phenoxy) is 3. The lowest BCUT2D eigenvalue weighted by Gasteiger charge is -2.62. The summed E-state index contributed by atoms with van der Waals surface area (Å²) in [5, 5.41) is 0.824. The van der Waals surface area contributed by atoms with Gasteiger partial charge in [-0.2, -0.15) is 0 Å². The molecule has 1 unspecified atom stereocenters. The third kappa shape index (κ3) is 6.42. The fourth-order valence-electron chi connectivity index (χ4n) is 11.8. The topological polar surface area (TPSA) is 34.2 Å². The van der Waals surface area contributed by atoms with Gasteiger partial charge in [0.15, 0.2) is 0 Å². The highest BCUT2D eigenvalue weighted by atomic mass is 35.5. The average Bonchev–Trinajstić information content (AvgIpc) is 3.81. The summed E-state index contributed by atoms with van der Waals surface area (Å²) in [6.07, 6.45) is 17.5. The molecule has 1 aromatic carbocycles. The largest absolute Gasteiger partial charge is 0.378 e. The van der Waals surface area contributed by atoms with Crippen molar-refractivity contribution < 1.29 is 14.2 Å². The molecule has 0 bridgehead atoms. The van der Waals surface area contributed by atoms with Crippen molar-refractivity contribution in [3.8, 4) is 0 Å². The zero-order valence-corrected chi connectivity index (χ0v) is 29.2. The van der Waals surface area contributed by atoms with E-state index >= 15 is 0 Å². The molecule has 6 heteroatoms. The molecule has 252 valence electrons. The smallest absolute Gasteiger partial charge is 0.0988 e. The number of benzene rings is 1. The fraction of sp³-hybridized carbons (Fsp3) is 0.846. The fourth-order valence-corrected chi connectivity index (χ4v) is 11.9. The van der Waals surface area contributed by atoms with Crippen LogP contribution in [0.4, 0.5) is 0 Å². The van der Waals surface area contributed by atoms with Crippen LogP contribution in [0.25, 0.3) is 0 Å². The quantitative estimate of drug-likeness (QED) is 0.215. The Balaban J connectivity index is 0.979. The molecule has 6 fully saturated rings. The van der Waals surface area contributed by atoms with Crippen LogP contribution >= 0.6 is 11.6 Å². The monoisotopic (exact) mass is 640 g/mol. The van der Waals surface area contributed by atoms with E-state index < -0.39 is 0 Å². The minimum absolute atomic E-state index is 0.172. The minimum Gasteiger partial charge on any atom is -0.378 e. The van der Waals surface area contributed by atoms with Crippen LogP contribution in [-0.2, 0) is 19.8 Å². The van der Waals surface area contributed by atoms with Gasteiger partial charge in [-0.15, -0.1) is 0 Å². The predicted molar refractivity (Wildman–Crippen MR) is 183 cm³/mol. The van der Waals surface area contributed by atoms with Gasteiger partial charge in [-0.05, 0) is 156 Å². The number of rotatable bonds is 12. The Hall–Kier alpha value is -0.690. The van der Waals surface area contributed by atoms with Crippen molar-refractivity contribution in [2.45, 2.75) is 109 Å². The highest BCUT2D eigenvalue weighted by Crippen LogP contribution is 2.71. The lowest BCUT2D eigenvalue weighted by molar-refractivity contribution is -0.185. The Labute approximate surface area is 279 Å². The maximum atomic E-state index is 7.25. The molecule has 2 aliphatic heterocycles. The molecule has 1 aromatic rings. The minimum atomic E-state index is -0.202. The van der Waals surface area contributed by atoms with Crippen molar-refractivity contribution in [1.29, 1.82) is 0 Å². The van der Waals surface area contributed by atoms with Gasteiger partial charge in [-0.1, -0.05) is 37.6 Å².